The normalized spacial score (nSPS) is 18.3. The largest absolute Gasteiger partial charge is 0.454 e. The smallest absolute Gasteiger partial charge is 0.268 e. The number of nitrogens with one attached hydrogen (secondary N) is 1. The van der Waals surface area contributed by atoms with E-state index in [0.717, 1.165) is 46.7 Å². The average Bonchev–Trinajstić information content (AvgIpc) is 3.45. The van der Waals surface area contributed by atoms with Crippen LogP contribution >= 0.6 is 11.3 Å². The van der Waals surface area contributed by atoms with Gasteiger partial charge in [0.15, 0.2) is 11.5 Å². The van der Waals surface area contributed by atoms with Gasteiger partial charge in [0, 0.05) is 19.7 Å². The summed E-state index contributed by atoms with van der Waals surface area (Å²) in [5.74, 6) is 1.46. The first-order valence-corrected chi connectivity index (χ1v) is 10.0. The third-order valence-corrected chi connectivity index (χ3v) is 5.90. The van der Waals surface area contributed by atoms with E-state index in [4.69, 9.17) is 14.2 Å². The molecule has 0 bridgehead atoms. The predicted molar refractivity (Wildman–Crippen MR) is 103 cm³/mol. The van der Waals surface area contributed by atoms with Crippen molar-refractivity contribution in [3.05, 3.63) is 47.0 Å². The van der Waals surface area contributed by atoms with Crippen LogP contribution in [-0.4, -0.2) is 36.5 Å². The van der Waals surface area contributed by atoms with Gasteiger partial charge in [0.2, 0.25) is 6.79 Å². The standard InChI is InChI=1S/C20H20N2O4S/c23-20(21-10-14-2-1-6-24-14)16-9-19-15(5-7-27-19)22(16)11-13-3-4-17-18(8-13)26-12-25-17/h3-5,7-9,14H,1-2,6,10-12H2,(H,21,23). The Labute approximate surface area is 160 Å². The van der Waals surface area contributed by atoms with Gasteiger partial charge in [-0.05, 0) is 48.1 Å². The summed E-state index contributed by atoms with van der Waals surface area (Å²) in [6, 6.07) is 9.94. The molecule has 0 radical (unpaired) electrons. The van der Waals surface area contributed by atoms with Crippen LogP contribution < -0.4 is 14.8 Å². The van der Waals surface area contributed by atoms with Crippen molar-refractivity contribution in [2.75, 3.05) is 19.9 Å². The minimum absolute atomic E-state index is 0.0605. The van der Waals surface area contributed by atoms with Crippen LogP contribution in [0.2, 0.25) is 0 Å². The second-order valence-corrected chi connectivity index (χ2v) is 7.77. The van der Waals surface area contributed by atoms with Gasteiger partial charge in [0.25, 0.3) is 5.91 Å². The molecule has 0 spiro atoms. The number of carbonyl (C=O) groups is 1. The second kappa shape index (κ2) is 6.90. The van der Waals surface area contributed by atoms with E-state index in [1.54, 1.807) is 11.3 Å². The minimum Gasteiger partial charge on any atom is -0.454 e. The van der Waals surface area contributed by atoms with Gasteiger partial charge in [-0.2, -0.15) is 0 Å². The number of ether oxygens (including phenoxy) is 3. The first kappa shape index (κ1) is 16.6. The topological polar surface area (TPSA) is 61.7 Å². The lowest BCUT2D eigenvalue weighted by Crippen LogP contribution is -2.33. The molecule has 1 unspecified atom stereocenters. The zero-order valence-electron chi connectivity index (χ0n) is 14.8. The first-order chi connectivity index (χ1) is 13.3. The molecule has 0 saturated carbocycles. The SMILES string of the molecule is O=C(NCC1CCCO1)c1cc2sccc2n1Cc1ccc2c(c1)OCO2. The van der Waals surface area contributed by atoms with Gasteiger partial charge in [-0.25, -0.2) is 0 Å². The number of aromatic nitrogens is 1. The van der Waals surface area contributed by atoms with Crippen LogP contribution in [0.1, 0.15) is 28.9 Å². The Hall–Kier alpha value is -2.51. The molecular formula is C20H20N2O4S. The summed E-state index contributed by atoms with van der Waals surface area (Å²) >= 11 is 1.64. The second-order valence-electron chi connectivity index (χ2n) is 6.82. The molecule has 1 atom stereocenters. The molecule has 4 heterocycles. The van der Waals surface area contributed by atoms with E-state index in [0.29, 0.717) is 18.8 Å². The Balaban J connectivity index is 1.41. The fourth-order valence-electron chi connectivity index (χ4n) is 3.66. The average molecular weight is 384 g/mol. The highest BCUT2D eigenvalue weighted by Crippen LogP contribution is 2.33. The highest BCUT2D eigenvalue weighted by atomic mass is 32.1. The molecule has 140 valence electrons. The van der Waals surface area contributed by atoms with Crippen LogP contribution in [0.15, 0.2) is 35.7 Å². The van der Waals surface area contributed by atoms with Crippen LogP contribution in [0.4, 0.5) is 0 Å². The third-order valence-electron chi connectivity index (χ3n) is 5.05. The van der Waals surface area contributed by atoms with Gasteiger partial charge >= 0.3 is 0 Å². The number of thiophene rings is 1. The Bertz CT molecular complexity index is 987. The minimum atomic E-state index is -0.0605. The van der Waals surface area contributed by atoms with Crippen LogP contribution in [0.3, 0.4) is 0 Å². The maximum absolute atomic E-state index is 12.8. The Kier molecular flexibility index (Phi) is 4.26. The van der Waals surface area contributed by atoms with Crippen molar-refractivity contribution in [3.63, 3.8) is 0 Å². The van der Waals surface area contributed by atoms with Crippen molar-refractivity contribution < 1.29 is 19.0 Å². The molecule has 1 saturated heterocycles. The molecule has 7 heteroatoms. The van der Waals surface area contributed by atoms with Crippen molar-refractivity contribution in [2.45, 2.75) is 25.5 Å². The summed E-state index contributed by atoms with van der Waals surface area (Å²) in [6.45, 7) is 2.20. The van der Waals surface area contributed by atoms with Crippen LogP contribution in [0.5, 0.6) is 11.5 Å². The number of hydrogen-bond donors (Lipinski definition) is 1. The van der Waals surface area contributed by atoms with E-state index in [1.165, 1.54) is 0 Å². The fraction of sp³-hybridized carbons (Fsp3) is 0.350. The molecular weight excluding hydrogens is 364 g/mol. The highest BCUT2D eigenvalue weighted by molar-refractivity contribution is 7.17. The Morgan fingerprint density at radius 2 is 2.15 bits per heavy atom. The van der Waals surface area contributed by atoms with Gasteiger partial charge in [0.1, 0.15) is 5.69 Å². The van der Waals surface area contributed by atoms with Crippen molar-refractivity contribution in [1.29, 1.82) is 0 Å². The molecule has 1 N–H and O–H groups in total. The lowest BCUT2D eigenvalue weighted by Gasteiger charge is -2.13. The molecule has 2 aliphatic heterocycles. The van der Waals surface area contributed by atoms with E-state index in [9.17, 15) is 4.79 Å². The monoisotopic (exact) mass is 384 g/mol. The van der Waals surface area contributed by atoms with E-state index < -0.39 is 0 Å². The first-order valence-electron chi connectivity index (χ1n) is 9.13. The number of benzene rings is 1. The molecule has 5 rings (SSSR count). The van der Waals surface area contributed by atoms with E-state index in [1.807, 2.05) is 24.3 Å². The molecule has 27 heavy (non-hydrogen) atoms. The van der Waals surface area contributed by atoms with Gasteiger partial charge < -0.3 is 24.1 Å². The number of carbonyl (C=O) groups excluding carboxylic acids is 1. The highest BCUT2D eigenvalue weighted by Gasteiger charge is 2.21. The number of nitrogens with zero attached hydrogens (tertiary/aromatic N) is 1. The third kappa shape index (κ3) is 3.17. The summed E-state index contributed by atoms with van der Waals surface area (Å²) in [5, 5.41) is 5.09. The molecule has 2 aliphatic rings. The maximum Gasteiger partial charge on any atom is 0.268 e. The molecule has 3 aromatic rings. The molecule has 1 fully saturated rings. The number of hydrogen-bond acceptors (Lipinski definition) is 5. The molecule has 1 aromatic carbocycles. The van der Waals surface area contributed by atoms with Gasteiger partial charge in [-0.3, -0.25) is 4.79 Å². The zero-order valence-corrected chi connectivity index (χ0v) is 15.6. The molecule has 6 nitrogen and oxygen atoms in total. The van der Waals surface area contributed by atoms with Gasteiger partial charge in [-0.15, -0.1) is 11.3 Å². The van der Waals surface area contributed by atoms with Crippen molar-refractivity contribution in [2.24, 2.45) is 0 Å². The summed E-state index contributed by atoms with van der Waals surface area (Å²) in [4.78, 5) is 12.8. The van der Waals surface area contributed by atoms with Gasteiger partial charge in [-0.1, -0.05) is 6.07 Å². The van der Waals surface area contributed by atoms with E-state index in [-0.39, 0.29) is 18.8 Å². The van der Waals surface area contributed by atoms with Crippen LogP contribution in [-0.2, 0) is 11.3 Å². The molecule has 2 aromatic heterocycles. The van der Waals surface area contributed by atoms with Crippen LogP contribution in [0, 0.1) is 0 Å². The van der Waals surface area contributed by atoms with Crippen molar-refractivity contribution in [1.82, 2.24) is 9.88 Å². The fourth-order valence-corrected chi connectivity index (χ4v) is 4.48. The molecule has 0 aliphatic carbocycles. The van der Waals surface area contributed by atoms with Gasteiger partial charge in [0.05, 0.1) is 16.3 Å². The number of rotatable bonds is 5. The predicted octanol–water partition coefficient (Wildman–Crippen LogP) is 3.39. The summed E-state index contributed by atoms with van der Waals surface area (Å²) in [7, 11) is 0. The van der Waals surface area contributed by atoms with Crippen molar-refractivity contribution in [3.8, 4) is 11.5 Å². The van der Waals surface area contributed by atoms with E-state index in [2.05, 4.69) is 21.3 Å². The quantitative estimate of drug-likeness (QED) is 0.733. The lowest BCUT2D eigenvalue weighted by molar-refractivity contribution is 0.0851. The van der Waals surface area contributed by atoms with Crippen LogP contribution in [0.25, 0.3) is 10.2 Å². The summed E-state index contributed by atoms with van der Waals surface area (Å²) in [5.41, 5.74) is 2.81. The Morgan fingerprint density at radius 3 is 3.04 bits per heavy atom. The summed E-state index contributed by atoms with van der Waals surface area (Å²) < 4.78 is 19.6. The number of amides is 1. The zero-order chi connectivity index (χ0) is 18.2. The Morgan fingerprint density at radius 1 is 1.22 bits per heavy atom. The maximum atomic E-state index is 12.8. The number of fused-ring (bicyclic) bond motifs is 2. The van der Waals surface area contributed by atoms with Crippen molar-refractivity contribution >= 4 is 27.5 Å². The summed E-state index contributed by atoms with van der Waals surface area (Å²) in [6.07, 6.45) is 2.21. The van der Waals surface area contributed by atoms with E-state index >= 15 is 0 Å². The molecule has 1 amide bonds. The lowest BCUT2D eigenvalue weighted by atomic mass is 10.2.